The van der Waals surface area contributed by atoms with Gasteiger partial charge in [0.15, 0.2) is 5.75 Å². The molecule has 2 aromatic rings. The van der Waals surface area contributed by atoms with Crippen molar-refractivity contribution in [2.45, 2.75) is 6.42 Å². The zero-order chi connectivity index (χ0) is 21.1. The Morgan fingerprint density at radius 3 is 2.32 bits per heavy atom. The number of nitrogens with two attached hydrogens (primary N) is 4. The average Bonchev–Trinajstić information content (AvgIpc) is 2.65. The Bertz CT molecular complexity index is 796. The minimum atomic E-state index is -0.323. The SMILES string of the molecule is CN(C)CCC(=O)Oc1ccccc1N.NCC(=O)Nc1ccc(N)c(N)n1. The molecule has 0 aliphatic heterocycles. The van der Waals surface area contributed by atoms with Crippen LogP contribution in [-0.2, 0) is 9.59 Å². The predicted molar refractivity (Wildman–Crippen MR) is 110 cm³/mol. The molecule has 28 heavy (non-hydrogen) atoms. The van der Waals surface area contributed by atoms with Crippen LogP contribution in [0.3, 0.4) is 0 Å². The Morgan fingerprint density at radius 1 is 1.07 bits per heavy atom. The summed E-state index contributed by atoms with van der Waals surface area (Å²) < 4.78 is 5.10. The summed E-state index contributed by atoms with van der Waals surface area (Å²) in [6.45, 7) is 0.581. The highest BCUT2D eigenvalue weighted by molar-refractivity contribution is 5.91. The van der Waals surface area contributed by atoms with E-state index in [0.29, 0.717) is 35.9 Å². The lowest BCUT2D eigenvalue weighted by molar-refractivity contribution is -0.134. The topological polar surface area (TPSA) is 176 Å². The maximum absolute atomic E-state index is 11.4. The van der Waals surface area contributed by atoms with Crippen molar-refractivity contribution in [1.82, 2.24) is 9.88 Å². The summed E-state index contributed by atoms with van der Waals surface area (Å²) in [5, 5.41) is 2.45. The van der Waals surface area contributed by atoms with Crippen molar-refractivity contribution in [2.75, 3.05) is 49.7 Å². The molecule has 152 valence electrons. The van der Waals surface area contributed by atoms with Gasteiger partial charge in [-0.05, 0) is 38.4 Å². The molecule has 0 bridgehead atoms. The summed E-state index contributed by atoms with van der Waals surface area (Å²) in [5.74, 6) is 0.386. The molecule has 0 fully saturated rings. The number of aromatic nitrogens is 1. The number of ether oxygens (including phenoxy) is 1. The monoisotopic (exact) mass is 389 g/mol. The van der Waals surface area contributed by atoms with Crippen LogP contribution in [0.1, 0.15) is 6.42 Å². The highest BCUT2D eigenvalue weighted by Crippen LogP contribution is 2.20. The zero-order valence-electron chi connectivity index (χ0n) is 16.0. The van der Waals surface area contributed by atoms with E-state index in [1.54, 1.807) is 36.4 Å². The molecule has 1 heterocycles. The van der Waals surface area contributed by atoms with Crippen LogP contribution in [0.4, 0.5) is 23.0 Å². The van der Waals surface area contributed by atoms with E-state index in [-0.39, 0.29) is 24.2 Å². The number of carbonyl (C=O) groups excluding carboxylic acids is 2. The Kier molecular flexibility index (Phi) is 9.20. The number of benzene rings is 1. The zero-order valence-corrected chi connectivity index (χ0v) is 16.0. The summed E-state index contributed by atoms with van der Waals surface area (Å²) in [6, 6.07) is 10.1. The molecule has 9 N–H and O–H groups in total. The fourth-order valence-electron chi connectivity index (χ4n) is 1.81. The van der Waals surface area contributed by atoms with Gasteiger partial charge >= 0.3 is 5.97 Å². The van der Waals surface area contributed by atoms with Crippen LogP contribution in [-0.4, -0.2) is 48.9 Å². The minimum Gasteiger partial charge on any atom is -0.424 e. The second-order valence-corrected chi connectivity index (χ2v) is 5.99. The lowest BCUT2D eigenvalue weighted by atomic mass is 10.3. The first-order valence-electron chi connectivity index (χ1n) is 8.44. The summed E-state index contributed by atoms with van der Waals surface area (Å²) in [6.07, 6.45) is 0.362. The van der Waals surface area contributed by atoms with Gasteiger partial charge in [-0.1, -0.05) is 12.1 Å². The first-order chi connectivity index (χ1) is 13.2. The third kappa shape index (κ3) is 8.34. The second kappa shape index (κ2) is 11.4. The number of hydrogen-bond acceptors (Lipinski definition) is 9. The van der Waals surface area contributed by atoms with Crippen molar-refractivity contribution in [2.24, 2.45) is 5.73 Å². The lowest BCUT2D eigenvalue weighted by Crippen LogP contribution is -2.22. The Morgan fingerprint density at radius 2 is 1.75 bits per heavy atom. The molecule has 0 atom stereocenters. The van der Waals surface area contributed by atoms with Gasteiger partial charge in [0.05, 0.1) is 24.3 Å². The molecule has 10 heteroatoms. The van der Waals surface area contributed by atoms with Crippen LogP contribution >= 0.6 is 0 Å². The van der Waals surface area contributed by atoms with Gasteiger partial charge in [0.25, 0.3) is 0 Å². The van der Waals surface area contributed by atoms with Gasteiger partial charge in [0.2, 0.25) is 5.91 Å². The highest BCUT2D eigenvalue weighted by Gasteiger charge is 2.07. The number of carbonyl (C=O) groups is 2. The van der Waals surface area contributed by atoms with Crippen molar-refractivity contribution < 1.29 is 14.3 Å². The van der Waals surface area contributed by atoms with E-state index in [4.69, 9.17) is 27.7 Å². The van der Waals surface area contributed by atoms with Crippen LogP contribution in [0.5, 0.6) is 5.75 Å². The van der Waals surface area contributed by atoms with Crippen LogP contribution in [0, 0.1) is 0 Å². The molecule has 0 radical (unpaired) electrons. The van der Waals surface area contributed by atoms with Crippen LogP contribution < -0.4 is 33.0 Å². The van der Waals surface area contributed by atoms with E-state index >= 15 is 0 Å². The summed E-state index contributed by atoms with van der Waals surface area (Å²) >= 11 is 0. The molecule has 0 spiro atoms. The van der Waals surface area contributed by atoms with Crippen LogP contribution in [0.15, 0.2) is 36.4 Å². The second-order valence-electron chi connectivity index (χ2n) is 5.99. The summed E-state index contributed by atoms with van der Waals surface area (Å²) in [7, 11) is 3.81. The molecular weight excluding hydrogens is 362 g/mol. The van der Waals surface area contributed by atoms with E-state index in [1.165, 1.54) is 0 Å². The molecule has 10 nitrogen and oxygen atoms in total. The van der Waals surface area contributed by atoms with Gasteiger partial charge in [-0.2, -0.15) is 0 Å². The Balaban J connectivity index is 0.000000283. The maximum Gasteiger partial charge on any atom is 0.312 e. The maximum atomic E-state index is 11.4. The number of pyridine rings is 1. The van der Waals surface area contributed by atoms with E-state index in [1.807, 2.05) is 19.0 Å². The van der Waals surface area contributed by atoms with Crippen molar-refractivity contribution >= 4 is 34.9 Å². The van der Waals surface area contributed by atoms with E-state index in [2.05, 4.69) is 10.3 Å². The molecule has 1 amide bonds. The molecule has 0 saturated heterocycles. The number of nitrogens with one attached hydrogen (secondary N) is 1. The number of para-hydroxylation sites is 2. The van der Waals surface area contributed by atoms with Crippen molar-refractivity contribution in [1.29, 1.82) is 0 Å². The number of hydrogen-bond donors (Lipinski definition) is 5. The molecule has 1 aromatic carbocycles. The van der Waals surface area contributed by atoms with Gasteiger partial charge in [-0.15, -0.1) is 0 Å². The Labute approximate surface area is 163 Å². The van der Waals surface area contributed by atoms with Gasteiger partial charge in [0, 0.05) is 6.54 Å². The number of nitrogen functional groups attached to an aromatic ring is 3. The summed E-state index contributed by atoms with van der Waals surface area (Å²) in [5.41, 5.74) is 22.4. The first kappa shape index (κ1) is 22.7. The van der Waals surface area contributed by atoms with Crippen molar-refractivity contribution in [3.8, 4) is 5.75 Å². The number of rotatable bonds is 6. The fraction of sp³-hybridized carbons (Fsp3) is 0.278. The quantitative estimate of drug-likeness (QED) is 0.264. The molecule has 0 aliphatic carbocycles. The third-order valence-corrected chi connectivity index (χ3v) is 3.32. The highest BCUT2D eigenvalue weighted by atomic mass is 16.5. The summed E-state index contributed by atoms with van der Waals surface area (Å²) in [4.78, 5) is 27.9. The number of nitrogens with zero attached hydrogens (tertiary/aromatic N) is 2. The Hall–Kier alpha value is -3.37. The van der Waals surface area contributed by atoms with Gasteiger partial charge in [-0.3, -0.25) is 9.59 Å². The minimum absolute atomic E-state index is 0.0913. The number of anilines is 4. The molecule has 0 aliphatic rings. The smallest absolute Gasteiger partial charge is 0.312 e. The normalized spacial score (nSPS) is 10.0. The lowest BCUT2D eigenvalue weighted by Gasteiger charge is -2.09. The number of amides is 1. The predicted octanol–water partition coefficient (Wildman–Crippen LogP) is 0.269. The van der Waals surface area contributed by atoms with Crippen molar-refractivity contribution in [3.63, 3.8) is 0 Å². The average molecular weight is 389 g/mol. The third-order valence-electron chi connectivity index (χ3n) is 3.32. The fourth-order valence-corrected chi connectivity index (χ4v) is 1.81. The molecule has 0 unspecified atom stereocenters. The molecular formula is C18H27N7O3. The van der Waals surface area contributed by atoms with Crippen molar-refractivity contribution in [3.05, 3.63) is 36.4 Å². The van der Waals surface area contributed by atoms with Gasteiger partial charge in [-0.25, -0.2) is 4.98 Å². The van der Waals surface area contributed by atoms with E-state index < -0.39 is 0 Å². The molecule has 0 saturated carbocycles. The van der Waals surface area contributed by atoms with Gasteiger partial charge in [0.1, 0.15) is 11.6 Å². The van der Waals surface area contributed by atoms with Crippen LogP contribution in [0.2, 0.25) is 0 Å². The largest absolute Gasteiger partial charge is 0.424 e. The standard InChI is InChI=1S/C11H16N2O2.C7H11N5O/c1-13(2)8-7-11(14)15-10-6-4-3-5-9(10)12;8-3-6(13)11-5-2-1-4(9)7(10)12-5/h3-6H,7-8,12H2,1-2H3;1-2H,3,8-9H2,(H3,10,11,12,13). The van der Waals surface area contributed by atoms with E-state index in [9.17, 15) is 9.59 Å². The molecule has 2 rings (SSSR count). The van der Waals surface area contributed by atoms with E-state index in [0.717, 1.165) is 0 Å². The van der Waals surface area contributed by atoms with Crippen LogP contribution in [0.25, 0.3) is 0 Å². The first-order valence-corrected chi connectivity index (χ1v) is 8.44. The number of esters is 1. The van der Waals surface area contributed by atoms with Gasteiger partial charge < -0.3 is 37.9 Å². The molecule has 1 aromatic heterocycles.